The molecule has 0 bridgehead atoms. The number of carbonyl (C=O) groups excluding carboxylic acids is 1. The normalized spacial score (nSPS) is 19.7. The van der Waals surface area contributed by atoms with Gasteiger partial charge in [0, 0.05) is 30.5 Å². The summed E-state index contributed by atoms with van der Waals surface area (Å²) in [6.45, 7) is 8.62. The molecule has 2 aliphatic rings. The highest BCUT2D eigenvalue weighted by Crippen LogP contribution is 2.47. The van der Waals surface area contributed by atoms with Crippen molar-refractivity contribution in [2.75, 3.05) is 32.1 Å². The number of ether oxygens (including phenoxy) is 1. The number of anilines is 1. The fourth-order valence-electron chi connectivity index (χ4n) is 3.74. The number of fused-ring (bicyclic) bond motifs is 2. The minimum atomic E-state index is -0.292. The largest absolute Gasteiger partial charge is 0.495 e. The van der Waals surface area contributed by atoms with Crippen molar-refractivity contribution in [1.82, 2.24) is 4.90 Å². The predicted molar refractivity (Wildman–Crippen MR) is 88.4 cm³/mol. The van der Waals surface area contributed by atoms with E-state index in [1.165, 1.54) is 5.56 Å². The third-order valence-electron chi connectivity index (χ3n) is 5.07. The lowest BCUT2D eigenvalue weighted by molar-refractivity contribution is -0.141. The van der Waals surface area contributed by atoms with Crippen LogP contribution in [0.4, 0.5) is 5.69 Å². The van der Waals surface area contributed by atoms with Gasteiger partial charge in [0.05, 0.1) is 12.8 Å². The third-order valence-corrected chi connectivity index (χ3v) is 5.07. The van der Waals surface area contributed by atoms with E-state index in [0.29, 0.717) is 0 Å². The van der Waals surface area contributed by atoms with Crippen LogP contribution >= 0.6 is 0 Å². The number of piperidine rings is 1. The number of amides is 1. The lowest BCUT2D eigenvalue weighted by Crippen LogP contribution is -2.49. The van der Waals surface area contributed by atoms with Crippen LogP contribution in [-0.4, -0.2) is 37.6 Å². The van der Waals surface area contributed by atoms with Crippen LogP contribution in [0.3, 0.4) is 0 Å². The second-order valence-corrected chi connectivity index (χ2v) is 7.56. The number of likely N-dealkylation sites (tertiary alicyclic amines) is 1. The summed E-state index contributed by atoms with van der Waals surface area (Å²) < 4.78 is 5.47. The second-order valence-electron chi connectivity index (χ2n) is 7.56. The zero-order valence-electron chi connectivity index (χ0n) is 14.0. The molecule has 1 spiro atoms. The van der Waals surface area contributed by atoms with Crippen molar-refractivity contribution in [1.29, 1.82) is 0 Å². The highest BCUT2D eigenvalue weighted by molar-refractivity contribution is 5.81. The quantitative estimate of drug-likeness (QED) is 0.867. The topological polar surface area (TPSA) is 41.6 Å². The van der Waals surface area contributed by atoms with E-state index in [1.807, 2.05) is 31.7 Å². The number of benzene rings is 1. The summed E-state index contributed by atoms with van der Waals surface area (Å²) in [5.41, 5.74) is 2.35. The van der Waals surface area contributed by atoms with Gasteiger partial charge < -0.3 is 15.0 Å². The number of carbonyl (C=O) groups is 1. The monoisotopic (exact) mass is 302 g/mol. The highest BCUT2D eigenvalue weighted by atomic mass is 16.5. The molecular weight excluding hydrogens is 276 g/mol. The Morgan fingerprint density at radius 1 is 1.27 bits per heavy atom. The Bertz CT molecular complexity index is 581. The Balaban J connectivity index is 1.80. The van der Waals surface area contributed by atoms with Crippen LogP contribution < -0.4 is 10.1 Å². The molecule has 0 aliphatic carbocycles. The minimum Gasteiger partial charge on any atom is -0.495 e. The first-order chi connectivity index (χ1) is 10.4. The number of para-hydroxylation sites is 1. The van der Waals surface area contributed by atoms with Crippen molar-refractivity contribution < 1.29 is 9.53 Å². The smallest absolute Gasteiger partial charge is 0.227 e. The first kappa shape index (κ1) is 15.2. The number of nitrogens with zero attached hydrogens (tertiary/aromatic N) is 1. The molecule has 0 saturated carbocycles. The molecule has 1 N–H and O–H groups in total. The molecule has 3 rings (SSSR count). The molecule has 1 saturated heterocycles. The summed E-state index contributed by atoms with van der Waals surface area (Å²) in [6, 6.07) is 6.28. The van der Waals surface area contributed by atoms with E-state index in [9.17, 15) is 4.79 Å². The fraction of sp³-hybridized carbons (Fsp3) is 0.611. The Morgan fingerprint density at radius 3 is 2.55 bits per heavy atom. The lowest BCUT2D eigenvalue weighted by atomic mass is 9.74. The summed E-state index contributed by atoms with van der Waals surface area (Å²) >= 11 is 0. The lowest BCUT2D eigenvalue weighted by Gasteiger charge is -2.41. The molecule has 2 aliphatic heterocycles. The number of hydrogen-bond donors (Lipinski definition) is 1. The van der Waals surface area contributed by atoms with E-state index in [0.717, 1.165) is 43.9 Å². The third kappa shape index (κ3) is 2.34. The number of nitrogens with one attached hydrogen (secondary N) is 1. The van der Waals surface area contributed by atoms with Crippen LogP contribution in [0.5, 0.6) is 5.75 Å². The highest BCUT2D eigenvalue weighted by Gasteiger charge is 2.44. The van der Waals surface area contributed by atoms with Gasteiger partial charge in [0.2, 0.25) is 5.91 Å². The molecule has 0 unspecified atom stereocenters. The predicted octanol–water partition coefficient (Wildman–Crippen LogP) is 3.03. The number of methoxy groups -OCH3 is 1. The summed E-state index contributed by atoms with van der Waals surface area (Å²) in [5.74, 6) is 1.18. The van der Waals surface area contributed by atoms with Gasteiger partial charge in [0.1, 0.15) is 5.75 Å². The Kier molecular flexibility index (Phi) is 3.58. The van der Waals surface area contributed by atoms with Crippen LogP contribution in [0.2, 0.25) is 0 Å². The fourth-order valence-corrected chi connectivity index (χ4v) is 3.74. The summed E-state index contributed by atoms with van der Waals surface area (Å²) in [4.78, 5) is 14.5. The summed E-state index contributed by atoms with van der Waals surface area (Å²) in [5, 5.41) is 3.53. The van der Waals surface area contributed by atoms with E-state index in [2.05, 4.69) is 17.4 Å². The molecule has 120 valence electrons. The molecular formula is C18H26N2O2. The van der Waals surface area contributed by atoms with Crippen LogP contribution in [-0.2, 0) is 10.2 Å². The van der Waals surface area contributed by atoms with Crippen molar-refractivity contribution >= 4 is 11.6 Å². The van der Waals surface area contributed by atoms with Crippen LogP contribution in [0.15, 0.2) is 18.2 Å². The van der Waals surface area contributed by atoms with Gasteiger partial charge in [0.15, 0.2) is 0 Å². The van der Waals surface area contributed by atoms with Crippen LogP contribution in [0.25, 0.3) is 0 Å². The van der Waals surface area contributed by atoms with Crippen molar-refractivity contribution in [2.45, 2.75) is 39.0 Å². The average molecular weight is 302 g/mol. The van der Waals surface area contributed by atoms with Gasteiger partial charge in [0.25, 0.3) is 0 Å². The molecule has 1 amide bonds. The van der Waals surface area contributed by atoms with E-state index in [-0.39, 0.29) is 16.7 Å². The zero-order valence-corrected chi connectivity index (χ0v) is 14.0. The van der Waals surface area contributed by atoms with Gasteiger partial charge >= 0.3 is 0 Å². The van der Waals surface area contributed by atoms with Gasteiger partial charge in [-0.15, -0.1) is 0 Å². The maximum Gasteiger partial charge on any atom is 0.227 e. The SMILES string of the molecule is COc1cccc2c1NCC21CCN(C(=O)C(C)(C)C)CC1. The molecule has 1 aromatic rings. The van der Waals surface area contributed by atoms with E-state index < -0.39 is 0 Å². The molecule has 4 heteroatoms. The summed E-state index contributed by atoms with van der Waals surface area (Å²) in [7, 11) is 1.72. The van der Waals surface area contributed by atoms with Gasteiger partial charge in [-0.1, -0.05) is 32.9 Å². The van der Waals surface area contributed by atoms with E-state index >= 15 is 0 Å². The molecule has 0 atom stereocenters. The maximum atomic E-state index is 12.5. The van der Waals surface area contributed by atoms with Gasteiger partial charge in [-0.2, -0.15) is 0 Å². The molecule has 0 radical (unpaired) electrons. The molecule has 1 fully saturated rings. The Labute approximate surface area is 132 Å². The Hall–Kier alpha value is -1.71. The zero-order chi connectivity index (χ0) is 16.0. The van der Waals surface area contributed by atoms with Gasteiger partial charge in [-0.25, -0.2) is 0 Å². The van der Waals surface area contributed by atoms with Crippen molar-refractivity contribution in [3.63, 3.8) is 0 Å². The second kappa shape index (κ2) is 5.18. The summed E-state index contributed by atoms with van der Waals surface area (Å²) in [6.07, 6.45) is 2.03. The van der Waals surface area contributed by atoms with Crippen molar-refractivity contribution in [3.8, 4) is 5.75 Å². The first-order valence-electron chi connectivity index (χ1n) is 8.08. The molecule has 22 heavy (non-hydrogen) atoms. The maximum absolute atomic E-state index is 12.5. The standard InChI is InChI=1S/C18H26N2O2/c1-17(2,3)16(21)20-10-8-18(9-11-20)12-19-15-13(18)6-5-7-14(15)22-4/h5-7,19H,8-12H2,1-4H3. The van der Waals surface area contributed by atoms with Crippen LogP contribution in [0, 0.1) is 5.41 Å². The van der Waals surface area contributed by atoms with E-state index in [1.54, 1.807) is 7.11 Å². The first-order valence-corrected chi connectivity index (χ1v) is 8.08. The van der Waals surface area contributed by atoms with Crippen molar-refractivity contribution in [2.24, 2.45) is 5.41 Å². The molecule has 1 aromatic carbocycles. The molecule has 4 nitrogen and oxygen atoms in total. The van der Waals surface area contributed by atoms with Gasteiger partial charge in [-0.3, -0.25) is 4.79 Å². The van der Waals surface area contributed by atoms with Gasteiger partial charge in [-0.05, 0) is 24.5 Å². The molecule has 2 heterocycles. The number of hydrogen-bond acceptors (Lipinski definition) is 3. The van der Waals surface area contributed by atoms with Crippen molar-refractivity contribution in [3.05, 3.63) is 23.8 Å². The molecule has 0 aromatic heterocycles. The Morgan fingerprint density at radius 2 is 1.95 bits per heavy atom. The van der Waals surface area contributed by atoms with Crippen LogP contribution in [0.1, 0.15) is 39.2 Å². The van der Waals surface area contributed by atoms with E-state index in [4.69, 9.17) is 4.74 Å². The minimum absolute atomic E-state index is 0.151. The number of rotatable bonds is 1. The average Bonchev–Trinajstić information content (AvgIpc) is 2.85.